The molecule has 1 nitrogen and oxygen atoms in total. The van der Waals surface area contributed by atoms with Gasteiger partial charge >= 0.3 is 6.18 Å². The molecule has 0 fully saturated rings. The number of aryl methyl sites for hydroxylation is 1. The smallest absolute Gasteiger partial charge is 0.384 e. The molecule has 0 aromatic heterocycles. The van der Waals surface area contributed by atoms with Crippen LogP contribution < -0.4 is 0 Å². The van der Waals surface area contributed by atoms with Crippen molar-refractivity contribution in [2.75, 3.05) is 0 Å². The van der Waals surface area contributed by atoms with E-state index in [1.54, 1.807) is 0 Å². The van der Waals surface area contributed by atoms with E-state index in [1.165, 1.54) is 31.2 Å². The lowest BCUT2D eigenvalue weighted by Gasteiger charge is -2.16. The number of aliphatic hydroxyl groups is 1. The fourth-order valence-corrected chi connectivity index (χ4v) is 2.02. The van der Waals surface area contributed by atoms with E-state index in [2.05, 4.69) is 0 Å². The maximum absolute atomic E-state index is 13.1. The van der Waals surface area contributed by atoms with Gasteiger partial charge in [-0.2, -0.15) is 13.2 Å². The van der Waals surface area contributed by atoms with Crippen LogP contribution in [0, 0.1) is 12.7 Å². The minimum absolute atomic E-state index is 0.299. The Kier molecular flexibility index (Phi) is 3.81. The molecule has 2 aromatic carbocycles. The van der Waals surface area contributed by atoms with Crippen LogP contribution in [0.2, 0.25) is 0 Å². The van der Waals surface area contributed by atoms with E-state index in [1.807, 2.05) is 0 Å². The molecule has 0 aliphatic heterocycles. The van der Waals surface area contributed by atoms with Crippen LogP contribution in [0.1, 0.15) is 28.4 Å². The van der Waals surface area contributed by atoms with Gasteiger partial charge < -0.3 is 5.11 Å². The molecule has 0 aliphatic rings. The van der Waals surface area contributed by atoms with Crippen molar-refractivity contribution in [1.29, 1.82) is 0 Å². The maximum atomic E-state index is 13.1. The zero-order valence-corrected chi connectivity index (χ0v) is 10.6. The summed E-state index contributed by atoms with van der Waals surface area (Å²) in [5.74, 6) is -0.508. The topological polar surface area (TPSA) is 20.2 Å². The molecular weight excluding hydrogens is 272 g/mol. The summed E-state index contributed by atoms with van der Waals surface area (Å²) < 4.78 is 50.8. The molecule has 1 unspecified atom stereocenters. The molecule has 5 heteroatoms. The molecule has 20 heavy (non-hydrogen) atoms. The molecule has 2 aromatic rings. The van der Waals surface area contributed by atoms with E-state index >= 15 is 0 Å². The van der Waals surface area contributed by atoms with Crippen LogP contribution in [0.15, 0.2) is 42.5 Å². The summed E-state index contributed by atoms with van der Waals surface area (Å²) in [6.45, 7) is 1.48. The molecule has 0 bridgehead atoms. The van der Waals surface area contributed by atoms with Gasteiger partial charge in [0.25, 0.3) is 0 Å². The van der Waals surface area contributed by atoms with Crippen molar-refractivity contribution in [3.63, 3.8) is 0 Å². The molecular formula is C15H12F4O. The molecule has 0 saturated carbocycles. The van der Waals surface area contributed by atoms with Gasteiger partial charge in [-0.3, -0.25) is 0 Å². The second kappa shape index (κ2) is 5.25. The van der Waals surface area contributed by atoms with Crippen LogP contribution in [0.25, 0.3) is 0 Å². The Morgan fingerprint density at radius 2 is 1.75 bits per heavy atom. The number of alkyl halides is 3. The summed E-state index contributed by atoms with van der Waals surface area (Å²) in [5, 5.41) is 10.1. The van der Waals surface area contributed by atoms with E-state index in [4.69, 9.17) is 0 Å². The number of benzene rings is 2. The minimum Gasteiger partial charge on any atom is -0.384 e. The van der Waals surface area contributed by atoms with Crippen LogP contribution >= 0.6 is 0 Å². The first-order valence-corrected chi connectivity index (χ1v) is 5.90. The Labute approximate surface area is 113 Å². The average molecular weight is 284 g/mol. The standard InChI is InChI=1S/C15H12F4O/c1-9-7-11(15(17,18)19)5-6-13(9)14(20)10-3-2-4-12(16)8-10/h2-8,14,20H,1H3. The van der Waals surface area contributed by atoms with Gasteiger partial charge in [-0.15, -0.1) is 0 Å². The molecule has 2 rings (SSSR count). The van der Waals surface area contributed by atoms with Crippen molar-refractivity contribution in [3.05, 3.63) is 70.5 Å². The predicted octanol–water partition coefficient (Wildman–Crippen LogP) is 4.23. The van der Waals surface area contributed by atoms with Gasteiger partial charge in [0.2, 0.25) is 0 Å². The number of hydrogen-bond acceptors (Lipinski definition) is 1. The van der Waals surface area contributed by atoms with Crippen LogP contribution in [-0.2, 0) is 6.18 Å². The Bertz CT molecular complexity index is 620. The highest BCUT2D eigenvalue weighted by molar-refractivity contribution is 5.38. The maximum Gasteiger partial charge on any atom is 0.416 e. The van der Waals surface area contributed by atoms with Crippen LogP contribution in [-0.4, -0.2) is 5.11 Å². The zero-order chi connectivity index (χ0) is 14.9. The van der Waals surface area contributed by atoms with Crippen molar-refractivity contribution < 1.29 is 22.7 Å². The Balaban J connectivity index is 2.38. The molecule has 0 heterocycles. The summed E-state index contributed by atoms with van der Waals surface area (Å²) in [7, 11) is 0. The second-order valence-electron chi connectivity index (χ2n) is 4.53. The number of halogens is 4. The molecule has 0 radical (unpaired) electrons. The Morgan fingerprint density at radius 3 is 2.30 bits per heavy atom. The molecule has 0 saturated heterocycles. The van der Waals surface area contributed by atoms with Gasteiger partial charge in [-0.25, -0.2) is 4.39 Å². The minimum atomic E-state index is -4.42. The molecule has 1 atom stereocenters. The summed E-state index contributed by atoms with van der Waals surface area (Å²) in [4.78, 5) is 0. The molecule has 0 aliphatic carbocycles. The lowest BCUT2D eigenvalue weighted by atomic mass is 9.96. The lowest BCUT2D eigenvalue weighted by Crippen LogP contribution is -2.08. The number of hydrogen-bond donors (Lipinski definition) is 1. The van der Waals surface area contributed by atoms with E-state index in [9.17, 15) is 22.7 Å². The van der Waals surface area contributed by atoms with Gasteiger partial charge in [0, 0.05) is 0 Å². The fraction of sp³-hybridized carbons (Fsp3) is 0.200. The van der Waals surface area contributed by atoms with Gasteiger partial charge in [-0.05, 0) is 47.9 Å². The van der Waals surface area contributed by atoms with Gasteiger partial charge in [-0.1, -0.05) is 18.2 Å². The lowest BCUT2D eigenvalue weighted by molar-refractivity contribution is -0.137. The van der Waals surface area contributed by atoms with Gasteiger partial charge in [0.1, 0.15) is 11.9 Å². The van der Waals surface area contributed by atoms with E-state index in [-0.39, 0.29) is 0 Å². The van der Waals surface area contributed by atoms with E-state index < -0.39 is 23.7 Å². The van der Waals surface area contributed by atoms with E-state index in [0.717, 1.165) is 18.2 Å². The second-order valence-corrected chi connectivity index (χ2v) is 4.53. The van der Waals surface area contributed by atoms with Crippen molar-refractivity contribution in [2.45, 2.75) is 19.2 Å². The van der Waals surface area contributed by atoms with Crippen LogP contribution in [0.3, 0.4) is 0 Å². The number of rotatable bonds is 2. The third kappa shape index (κ3) is 2.99. The summed E-state index contributed by atoms with van der Waals surface area (Å²) in [6.07, 6.45) is -5.58. The third-order valence-electron chi connectivity index (χ3n) is 3.06. The summed E-state index contributed by atoms with van der Waals surface area (Å²) >= 11 is 0. The third-order valence-corrected chi connectivity index (χ3v) is 3.06. The van der Waals surface area contributed by atoms with E-state index in [0.29, 0.717) is 16.7 Å². The first-order chi connectivity index (χ1) is 9.29. The highest BCUT2D eigenvalue weighted by atomic mass is 19.4. The van der Waals surface area contributed by atoms with Crippen molar-refractivity contribution >= 4 is 0 Å². The number of aliphatic hydroxyl groups excluding tert-OH is 1. The summed E-state index contributed by atoms with van der Waals surface area (Å²) in [5.41, 5.74) is 0.151. The normalized spacial score (nSPS) is 13.3. The SMILES string of the molecule is Cc1cc(C(F)(F)F)ccc1C(O)c1cccc(F)c1. The molecule has 0 amide bonds. The largest absolute Gasteiger partial charge is 0.416 e. The van der Waals surface area contributed by atoms with Crippen molar-refractivity contribution in [2.24, 2.45) is 0 Å². The predicted molar refractivity (Wildman–Crippen MR) is 66.6 cm³/mol. The zero-order valence-electron chi connectivity index (χ0n) is 10.6. The van der Waals surface area contributed by atoms with Crippen LogP contribution in [0.5, 0.6) is 0 Å². The molecule has 1 N–H and O–H groups in total. The molecule has 0 spiro atoms. The summed E-state index contributed by atoms with van der Waals surface area (Å²) in [6, 6.07) is 8.44. The first-order valence-electron chi connectivity index (χ1n) is 5.90. The van der Waals surface area contributed by atoms with Crippen LogP contribution in [0.4, 0.5) is 17.6 Å². The Morgan fingerprint density at radius 1 is 1.05 bits per heavy atom. The molecule has 106 valence electrons. The van der Waals surface area contributed by atoms with Gasteiger partial charge in [0.15, 0.2) is 0 Å². The fourth-order valence-electron chi connectivity index (χ4n) is 2.02. The monoisotopic (exact) mass is 284 g/mol. The highest BCUT2D eigenvalue weighted by Crippen LogP contribution is 2.33. The first kappa shape index (κ1) is 14.5. The average Bonchev–Trinajstić information content (AvgIpc) is 2.36. The quantitative estimate of drug-likeness (QED) is 0.818. The Hall–Kier alpha value is -1.88. The van der Waals surface area contributed by atoms with Gasteiger partial charge in [0.05, 0.1) is 5.56 Å². The van der Waals surface area contributed by atoms with Crippen molar-refractivity contribution in [1.82, 2.24) is 0 Å². The highest BCUT2D eigenvalue weighted by Gasteiger charge is 2.31. The van der Waals surface area contributed by atoms with Crippen molar-refractivity contribution in [3.8, 4) is 0 Å².